The van der Waals surface area contributed by atoms with Gasteiger partial charge in [0.1, 0.15) is 5.69 Å². The van der Waals surface area contributed by atoms with Gasteiger partial charge >= 0.3 is 6.09 Å². The fourth-order valence-corrected chi connectivity index (χ4v) is 3.66. The average molecular weight is 411 g/mol. The Bertz CT molecular complexity index is 879. The van der Waals surface area contributed by atoms with Crippen LogP contribution in [0.1, 0.15) is 76.0 Å². The normalized spacial score (nSPS) is 17.3. The van der Waals surface area contributed by atoms with Gasteiger partial charge in [-0.2, -0.15) is 4.98 Å². The predicted molar refractivity (Wildman–Crippen MR) is 113 cm³/mol. The molecule has 1 N–H and O–H groups in total. The lowest BCUT2D eigenvalue weighted by Gasteiger charge is -2.29. The molecule has 7 nitrogen and oxygen atoms in total. The molecule has 30 heavy (non-hydrogen) atoms. The number of pyridine rings is 1. The molecule has 7 heteroatoms. The van der Waals surface area contributed by atoms with Crippen LogP contribution in [0.5, 0.6) is 11.8 Å². The Morgan fingerprint density at radius 3 is 2.63 bits per heavy atom. The van der Waals surface area contributed by atoms with E-state index in [4.69, 9.17) is 9.47 Å². The lowest BCUT2D eigenvalue weighted by atomic mass is 9.87. The van der Waals surface area contributed by atoms with E-state index in [2.05, 4.69) is 27.2 Å². The van der Waals surface area contributed by atoms with Crippen molar-refractivity contribution in [3.8, 4) is 11.8 Å². The standard InChI is InChI=1S/C23H30N4O3/c1-15(17-8-10-24-11-9-17)12-23(2,3)27-22(28)30-19-13-25-20(18-6-7-18)21(26-19)29-14-16-4-5-16/h8-11,13,15-16,18H,4-7,12,14H2,1-3H3,(H,27,28). The summed E-state index contributed by atoms with van der Waals surface area (Å²) in [5, 5.41) is 2.95. The van der Waals surface area contributed by atoms with Crippen LogP contribution in [0.3, 0.4) is 0 Å². The van der Waals surface area contributed by atoms with Gasteiger partial charge in [-0.1, -0.05) is 6.92 Å². The van der Waals surface area contributed by atoms with Crippen LogP contribution >= 0.6 is 0 Å². The second kappa shape index (κ2) is 8.58. The molecule has 0 spiro atoms. The molecule has 1 unspecified atom stereocenters. The van der Waals surface area contributed by atoms with E-state index in [-0.39, 0.29) is 11.8 Å². The van der Waals surface area contributed by atoms with E-state index in [9.17, 15) is 4.79 Å². The lowest BCUT2D eigenvalue weighted by Crippen LogP contribution is -2.45. The van der Waals surface area contributed by atoms with Crippen LogP contribution < -0.4 is 14.8 Å². The smallest absolute Gasteiger partial charge is 0.414 e. The van der Waals surface area contributed by atoms with Gasteiger partial charge < -0.3 is 14.8 Å². The zero-order valence-corrected chi connectivity index (χ0v) is 17.9. The molecule has 2 aliphatic carbocycles. The summed E-state index contributed by atoms with van der Waals surface area (Å²) in [5.41, 5.74) is 1.62. The highest BCUT2D eigenvalue weighted by atomic mass is 16.6. The van der Waals surface area contributed by atoms with Crippen LogP contribution in [0.15, 0.2) is 30.7 Å². The van der Waals surface area contributed by atoms with E-state index >= 15 is 0 Å². The highest BCUT2D eigenvalue weighted by Crippen LogP contribution is 2.43. The van der Waals surface area contributed by atoms with Crippen molar-refractivity contribution in [1.29, 1.82) is 0 Å². The molecule has 2 fully saturated rings. The van der Waals surface area contributed by atoms with E-state index < -0.39 is 11.6 Å². The van der Waals surface area contributed by atoms with E-state index in [0.29, 0.717) is 24.3 Å². The molecule has 1 atom stereocenters. The fourth-order valence-electron chi connectivity index (χ4n) is 3.66. The minimum Gasteiger partial charge on any atom is -0.476 e. The van der Waals surface area contributed by atoms with Crippen molar-refractivity contribution in [2.45, 2.75) is 70.3 Å². The number of carbonyl (C=O) groups excluding carboxylic acids is 1. The van der Waals surface area contributed by atoms with Crippen LogP contribution in [0.4, 0.5) is 4.79 Å². The molecule has 2 aromatic rings. The van der Waals surface area contributed by atoms with Gasteiger partial charge in [-0.25, -0.2) is 9.78 Å². The molecule has 0 bridgehead atoms. The molecule has 0 aliphatic heterocycles. The summed E-state index contributed by atoms with van der Waals surface area (Å²) in [6, 6.07) is 4.00. The van der Waals surface area contributed by atoms with Gasteiger partial charge in [0.25, 0.3) is 0 Å². The molecule has 0 saturated heterocycles. The summed E-state index contributed by atoms with van der Waals surface area (Å²) in [5.74, 6) is 1.99. The number of aromatic nitrogens is 3. The number of nitrogens with one attached hydrogen (secondary N) is 1. The quantitative estimate of drug-likeness (QED) is 0.650. The Balaban J connectivity index is 1.36. The molecule has 0 aromatic carbocycles. The van der Waals surface area contributed by atoms with Gasteiger partial charge in [0, 0.05) is 23.9 Å². The lowest BCUT2D eigenvalue weighted by molar-refractivity contribution is 0.182. The third kappa shape index (κ3) is 5.68. The molecule has 2 aromatic heterocycles. The largest absolute Gasteiger partial charge is 0.476 e. The number of hydrogen-bond donors (Lipinski definition) is 1. The predicted octanol–water partition coefficient (Wildman–Crippen LogP) is 4.60. The second-order valence-electron chi connectivity index (χ2n) is 9.21. The minimum absolute atomic E-state index is 0.167. The molecule has 0 radical (unpaired) electrons. The summed E-state index contributed by atoms with van der Waals surface area (Å²) in [6.45, 7) is 6.76. The third-order valence-corrected chi connectivity index (χ3v) is 5.59. The van der Waals surface area contributed by atoms with Crippen molar-refractivity contribution in [3.63, 3.8) is 0 Å². The highest BCUT2D eigenvalue weighted by Gasteiger charge is 2.31. The maximum Gasteiger partial charge on any atom is 0.414 e. The van der Waals surface area contributed by atoms with Crippen LogP contribution in [0.2, 0.25) is 0 Å². The first kappa shape index (κ1) is 20.6. The monoisotopic (exact) mass is 410 g/mol. The fraction of sp³-hybridized carbons (Fsp3) is 0.565. The van der Waals surface area contributed by atoms with Gasteiger partial charge in [0.05, 0.1) is 12.8 Å². The molecule has 2 aliphatic rings. The van der Waals surface area contributed by atoms with E-state index in [1.807, 2.05) is 26.0 Å². The summed E-state index contributed by atoms with van der Waals surface area (Å²) in [6.07, 6.45) is 9.94. The Kier molecular flexibility index (Phi) is 5.88. The van der Waals surface area contributed by atoms with Crippen molar-refractivity contribution in [1.82, 2.24) is 20.3 Å². The van der Waals surface area contributed by atoms with Crippen molar-refractivity contribution >= 4 is 6.09 Å². The number of carbonyl (C=O) groups is 1. The number of hydrogen-bond acceptors (Lipinski definition) is 6. The molecular weight excluding hydrogens is 380 g/mol. The number of ether oxygens (including phenoxy) is 2. The topological polar surface area (TPSA) is 86.2 Å². The molecule has 4 rings (SSSR count). The summed E-state index contributed by atoms with van der Waals surface area (Å²) >= 11 is 0. The van der Waals surface area contributed by atoms with Crippen LogP contribution in [-0.2, 0) is 0 Å². The van der Waals surface area contributed by atoms with Crippen molar-refractivity contribution in [3.05, 3.63) is 42.0 Å². The van der Waals surface area contributed by atoms with Gasteiger partial charge in [0.2, 0.25) is 11.8 Å². The molecular formula is C23H30N4O3. The van der Waals surface area contributed by atoms with E-state index in [1.165, 1.54) is 24.6 Å². The summed E-state index contributed by atoms with van der Waals surface area (Å²) < 4.78 is 11.3. The molecule has 2 saturated carbocycles. The zero-order chi connectivity index (χ0) is 21.1. The maximum absolute atomic E-state index is 12.5. The van der Waals surface area contributed by atoms with Crippen molar-refractivity contribution < 1.29 is 14.3 Å². The van der Waals surface area contributed by atoms with Crippen molar-refractivity contribution in [2.24, 2.45) is 5.92 Å². The van der Waals surface area contributed by atoms with Gasteiger partial charge in [-0.15, -0.1) is 0 Å². The Morgan fingerprint density at radius 1 is 1.23 bits per heavy atom. The maximum atomic E-state index is 12.5. The van der Waals surface area contributed by atoms with Gasteiger partial charge in [-0.05, 0) is 75.5 Å². The van der Waals surface area contributed by atoms with E-state index in [0.717, 1.165) is 25.0 Å². The van der Waals surface area contributed by atoms with Crippen LogP contribution in [-0.4, -0.2) is 33.2 Å². The van der Waals surface area contributed by atoms with Crippen molar-refractivity contribution in [2.75, 3.05) is 6.61 Å². The number of rotatable bonds is 9. The molecule has 2 heterocycles. The van der Waals surface area contributed by atoms with E-state index in [1.54, 1.807) is 12.4 Å². The Hall–Kier alpha value is -2.70. The van der Waals surface area contributed by atoms with Crippen LogP contribution in [0, 0.1) is 5.92 Å². The first-order valence-electron chi connectivity index (χ1n) is 10.8. The number of nitrogens with zero attached hydrogens (tertiary/aromatic N) is 3. The first-order chi connectivity index (χ1) is 14.4. The minimum atomic E-state index is -0.538. The molecule has 1 amide bonds. The first-order valence-corrected chi connectivity index (χ1v) is 10.8. The van der Waals surface area contributed by atoms with Crippen LogP contribution in [0.25, 0.3) is 0 Å². The zero-order valence-electron chi connectivity index (χ0n) is 17.9. The third-order valence-electron chi connectivity index (χ3n) is 5.59. The van der Waals surface area contributed by atoms with Gasteiger partial charge in [0.15, 0.2) is 0 Å². The number of amides is 1. The summed E-state index contributed by atoms with van der Waals surface area (Å²) in [7, 11) is 0. The Labute approximate surface area is 177 Å². The summed E-state index contributed by atoms with van der Waals surface area (Å²) in [4.78, 5) is 25.5. The SMILES string of the molecule is CC(CC(C)(C)NC(=O)Oc1cnc(C2CC2)c(OCC2CC2)n1)c1ccncc1. The average Bonchev–Trinajstić information content (AvgIpc) is 3.60. The van der Waals surface area contributed by atoms with Gasteiger partial charge in [-0.3, -0.25) is 4.98 Å². The Morgan fingerprint density at radius 2 is 1.97 bits per heavy atom. The highest BCUT2D eigenvalue weighted by molar-refractivity contribution is 5.70. The molecule has 160 valence electrons. The second-order valence-corrected chi connectivity index (χ2v) is 9.21.